The maximum absolute atomic E-state index is 13.1. The fourth-order valence-corrected chi connectivity index (χ4v) is 3.94. The standard InChI is InChI=1S/C18H26N2O/c19-13-15-9-6-10-16(15)18(21)20-12-5-1-2-7-14-8-3-4-11-17(14)20/h3-4,8,11,15-16H,1-2,5-7,9-10,12-13,19H2/t15-,16-/m1/s1. The highest BCUT2D eigenvalue weighted by Crippen LogP contribution is 2.35. The van der Waals surface area contributed by atoms with Crippen LogP contribution in [-0.2, 0) is 11.2 Å². The Labute approximate surface area is 127 Å². The molecule has 114 valence electrons. The molecule has 1 aromatic carbocycles. The smallest absolute Gasteiger partial charge is 0.230 e. The molecule has 2 N–H and O–H groups in total. The highest BCUT2D eigenvalue weighted by molar-refractivity contribution is 5.96. The van der Waals surface area contributed by atoms with Crippen LogP contribution >= 0.6 is 0 Å². The van der Waals surface area contributed by atoms with Crippen molar-refractivity contribution in [1.29, 1.82) is 0 Å². The lowest BCUT2D eigenvalue weighted by molar-refractivity contribution is -0.123. The van der Waals surface area contributed by atoms with Crippen molar-refractivity contribution in [2.45, 2.75) is 44.9 Å². The topological polar surface area (TPSA) is 46.3 Å². The number of carbonyl (C=O) groups is 1. The molecule has 2 aliphatic rings. The molecule has 1 fully saturated rings. The molecular weight excluding hydrogens is 260 g/mol. The molecule has 3 heteroatoms. The van der Waals surface area contributed by atoms with Gasteiger partial charge in [-0.2, -0.15) is 0 Å². The van der Waals surface area contributed by atoms with Crippen LogP contribution in [0.3, 0.4) is 0 Å². The number of carbonyl (C=O) groups excluding carboxylic acids is 1. The summed E-state index contributed by atoms with van der Waals surface area (Å²) >= 11 is 0. The molecule has 0 saturated heterocycles. The van der Waals surface area contributed by atoms with Gasteiger partial charge >= 0.3 is 0 Å². The van der Waals surface area contributed by atoms with E-state index in [-0.39, 0.29) is 5.92 Å². The first-order valence-corrected chi connectivity index (χ1v) is 8.40. The third-order valence-corrected chi connectivity index (χ3v) is 5.16. The Balaban J connectivity index is 1.88. The number of fused-ring (bicyclic) bond motifs is 1. The number of nitrogens with zero attached hydrogens (tertiary/aromatic N) is 1. The predicted octanol–water partition coefficient (Wildman–Crippen LogP) is 3.12. The monoisotopic (exact) mass is 286 g/mol. The van der Waals surface area contributed by atoms with Crippen molar-refractivity contribution in [3.8, 4) is 0 Å². The lowest BCUT2D eigenvalue weighted by Gasteiger charge is -2.31. The highest BCUT2D eigenvalue weighted by Gasteiger charge is 2.35. The van der Waals surface area contributed by atoms with Gasteiger partial charge in [-0.3, -0.25) is 4.79 Å². The average molecular weight is 286 g/mol. The molecule has 1 amide bonds. The van der Waals surface area contributed by atoms with Crippen LogP contribution in [0, 0.1) is 11.8 Å². The molecule has 0 unspecified atom stereocenters. The third kappa shape index (κ3) is 2.98. The van der Waals surface area contributed by atoms with Gasteiger partial charge < -0.3 is 10.6 Å². The lowest BCUT2D eigenvalue weighted by Crippen LogP contribution is -2.40. The van der Waals surface area contributed by atoms with Crippen LogP contribution < -0.4 is 10.6 Å². The number of para-hydroxylation sites is 1. The molecule has 21 heavy (non-hydrogen) atoms. The van der Waals surface area contributed by atoms with Crippen LogP contribution in [0.4, 0.5) is 5.69 Å². The van der Waals surface area contributed by atoms with Gasteiger partial charge in [-0.1, -0.05) is 31.0 Å². The van der Waals surface area contributed by atoms with Gasteiger partial charge in [-0.25, -0.2) is 0 Å². The molecular formula is C18H26N2O. The van der Waals surface area contributed by atoms with Crippen molar-refractivity contribution in [2.24, 2.45) is 17.6 Å². The fraction of sp³-hybridized carbons (Fsp3) is 0.611. The predicted molar refractivity (Wildman–Crippen MR) is 86.2 cm³/mol. The van der Waals surface area contributed by atoms with E-state index in [0.29, 0.717) is 18.4 Å². The second-order valence-corrected chi connectivity index (χ2v) is 6.46. The van der Waals surface area contributed by atoms with Crippen LogP contribution in [0.15, 0.2) is 24.3 Å². The van der Waals surface area contributed by atoms with Crippen molar-refractivity contribution >= 4 is 11.6 Å². The maximum Gasteiger partial charge on any atom is 0.230 e. The van der Waals surface area contributed by atoms with Gasteiger partial charge in [-0.05, 0) is 56.2 Å². The molecule has 2 atom stereocenters. The number of rotatable bonds is 2. The largest absolute Gasteiger partial charge is 0.330 e. The number of nitrogens with two attached hydrogens (primary N) is 1. The van der Waals surface area contributed by atoms with Crippen LogP contribution in [0.1, 0.15) is 44.1 Å². The molecule has 1 aromatic rings. The minimum Gasteiger partial charge on any atom is -0.330 e. The summed E-state index contributed by atoms with van der Waals surface area (Å²) < 4.78 is 0. The van der Waals surface area contributed by atoms with Gasteiger partial charge in [0, 0.05) is 18.2 Å². The number of amides is 1. The summed E-state index contributed by atoms with van der Waals surface area (Å²) in [5.74, 6) is 0.842. The molecule has 1 heterocycles. The van der Waals surface area contributed by atoms with E-state index in [2.05, 4.69) is 29.2 Å². The quantitative estimate of drug-likeness (QED) is 0.908. The van der Waals surface area contributed by atoms with Gasteiger partial charge in [-0.15, -0.1) is 0 Å². The van der Waals surface area contributed by atoms with E-state index in [1.54, 1.807) is 0 Å². The molecule has 0 aromatic heterocycles. The van der Waals surface area contributed by atoms with Crippen molar-refractivity contribution in [3.05, 3.63) is 29.8 Å². The zero-order valence-corrected chi connectivity index (χ0v) is 12.8. The summed E-state index contributed by atoms with van der Waals surface area (Å²) in [4.78, 5) is 15.1. The minimum atomic E-state index is 0.141. The van der Waals surface area contributed by atoms with Gasteiger partial charge in [0.25, 0.3) is 0 Å². The summed E-state index contributed by atoms with van der Waals surface area (Å²) in [6.07, 6.45) is 7.91. The van der Waals surface area contributed by atoms with Crippen molar-refractivity contribution in [2.75, 3.05) is 18.0 Å². The van der Waals surface area contributed by atoms with E-state index in [4.69, 9.17) is 5.73 Å². The maximum atomic E-state index is 13.1. The Morgan fingerprint density at radius 2 is 2.00 bits per heavy atom. The minimum absolute atomic E-state index is 0.141. The average Bonchev–Trinajstić information content (AvgIpc) is 2.96. The van der Waals surface area contributed by atoms with Crippen molar-refractivity contribution in [1.82, 2.24) is 0 Å². The van der Waals surface area contributed by atoms with Crippen molar-refractivity contribution < 1.29 is 4.79 Å². The Morgan fingerprint density at radius 3 is 2.86 bits per heavy atom. The van der Waals surface area contributed by atoms with Crippen molar-refractivity contribution in [3.63, 3.8) is 0 Å². The van der Waals surface area contributed by atoms with E-state index in [1.165, 1.54) is 18.4 Å². The molecule has 1 saturated carbocycles. The third-order valence-electron chi connectivity index (χ3n) is 5.16. The SMILES string of the molecule is NC[C@H]1CCC[C@H]1C(=O)N1CCCCCc2ccccc21. The Bertz CT molecular complexity index is 500. The molecule has 0 radical (unpaired) electrons. The van der Waals surface area contributed by atoms with Gasteiger partial charge in [0.15, 0.2) is 0 Å². The van der Waals surface area contributed by atoms with Crippen LogP contribution in [0.5, 0.6) is 0 Å². The molecule has 0 bridgehead atoms. The highest BCUT2D eigenvalue weighted by atomic mass is 16.2. The first-order chi connectivity index (χ1) is 10.3. The second kappa shape index (κ2) is 6.61. The summed E-state index contributed by atoms with van der Waals surface area (Å²) in [7, 11) is 0. The molecule has 0 spiro atoms. The van der Waals surface area contributed by atoms with Crippen LogP contribution in [0.2, 0.25) is 0 Å². The Hall–Kier alpha value is -1.35. The first kappa shape index (κ1) is 14.6. The van der Waals surface area contributed by atoms with Gasteiger partial charge in [0.2, 0.25) is 5.91 Å². The van der Waals surface area contributed by atoms with Crippen LogP contribution in [0.25, 0.3) is 0 Å². The lowest BCUT2D eigenvalue weighted by atomic mass is 9.93. The van der Waals surface area contributed by atoms with E-state index < -0.39 is 0 Å². The second-order valence-electron chi connectivity index (χ2n) is 6.46. The van der Waals surface area contributed by atoms with E-state index >= 15 is 0 Å². The summed E-state index contributed by atoms with van der Waals surface area (Å²) in [6.45, 7) is 1.51. The number of hydrogen-bond donors (Lipinski definition) is 1. The van der Waals surface area contributed by atoms with E-state index in [9.17, 15) is 4.79 Å². The normalized spacial score (nSPS) is 26.0. The Kier molecular flexibility index (Phi) is 4.59. The van der Waals surface area contributed by atoms with Crippen LogP contribution in [-0.4, -0.2) is 19.0 Å². The number of anilines is 1. The molecule has 1 aliphatic carbocycles. The molecule has 3 nitrogen and oxygen atoms in total. The summed E-state index contributed by atoms with van der Waals surface area (Å²) in [5.41, 5.74) is 8.34. The number of hydrogen-bond acceptors (Lipinski definition) is 2. The molecule has 1 aliphatic heterocycles. The number of benzene rings is 1. The molecule has 3 rings (SSSR count). The first-order valence-electron chi connectivity index (χ1n) is 8.40. The van der Waals surface area contributed by atoms with Gasteiger partial charge in [0.1, 0.15) is 0 Å². The summed E-state index contributed by atoms with van der Waals surface area (Å²) in [6, 6.07) is 8.43. The Morgan fingerprint density at radius 1 is 1.14 bits per heavy atom. The van der Waals surface area contributed by atoms with E-state index in [1.807, 2.05) is 0 Å². The fourth-order valence-electron chi connectivity index (χ4n) is 3.94. The zero-order chi connectivity index (χ0) is 14.7. The van der Waals surface area contributed by atoms with Gasteiger partial charge in [0.05, 0.1) is 0 Å². The van der Waals surface area contributed by atoms with E-state index in [0.717, 1.165) is 44.3 Å². The number of aryl methyl sites for hydroxylation is 1. The zero-order valence-electron chi connectivity index (χ0n) is 12.8. The summed E-state index contributed by atoms with van der Waals surface area (Å²) in [5, 5.41) is 0.